The smallest absolute Gasteiger partial charge is 0.799 e. The molecular weight excluding hydrogens is 562 g/mol. The first-order chi connectivity index (χ1) is 17.9. The summed E-state index contributed by atoms with van der Waals surface area (Å²) in [6.07, 6.45) is 20.7. The van der Waals surface area contributed by atoms with E-state index in [1.165, 1.54) is 38.5 Å². The van der Waals surface area contributed by atoms with E-state index in [1.807, 2.05) is 13.8 Å². The van der Waals surface area contributed by atoms with Crippen LogP contribution >= 0.6 is 14.7 Å². The standard InChI is InChI=1S/2C16H35O2P.Cr/c2*1-5-8-10-11-12-15(4)19(17,18)14-16(7-3)13-9-6-2;/h2*15-16H,5-14H2,1-4H3,(H,17,18);/q;;+2/p-2. The third-order valence-corrected chi connectivity index (χ3v) is 13.7. The molecule has 0 amide bonds. The minimum Gasteiger partial charge on any atom is -0.799 e. The predicted molar refractivity (Wildman–Crippen MR) is 168 cm³/mol. The molecule has 0 aromatic rings. The van der Waals surface area contributed by atoms with Crippen LogP contribution in [0.15, 0.2) is 0 Å². The zero-order valence-electron chi connectivity index (χ0n) is 27.4. The molecule has 7 heteroatoms. The Morgan fingerprint density at radius 3 is 1.05 bits per heavy atom. The zero-order valence-corrected chi connectivity index (χ0v) is 30.5. The van der Waals surface area contributed by atoms with Crippen molar-refractivity contribution >= 4 is 14.7 Å². The summed E-state index contributed by atoms with van der Waals surface area (Å²) >= 11 is 0. The molecule has 39 heavy (non-hydrogen) atoms. The first-order valence-electron chi connectivity index (χ1n) is 16.5. The van der Waals surface area contributed by atoms with Crippen molar-refractivity contribution in [2.45, 2.75) is 182 Å². The van der Waals surface area contributed by atoms with E-state index in [9.17, 15) is 18.9 Å². The fourth-order valence-electron chi connectivity index (χ4n) is 5.04. The summed E-state index contributed by atoms with van der Waals surface area (Å²) in [4.78, 5) is 24.7. The van der Waals surface area contributed by atoms with Gasteiger partial charge in [0.25, 0.3) is 0 Å². The van der Waals surface area contributed by atoms with E-state index in [0.717, 1.165) is 77.0 Å². The summed E-state index contributed by atoms with van der Waals surface area (Å²) < 4.78 is 24.7. The van der Waals surface area contributed by atoms with E-state index in [2.05, 4.69) is 41.5 Å². The van der Waals surface area contributed by atoms with Gasteiger partial charge >= 0.3 is 17.4 Å². The molecule has 0 bridgehead atoms. The van der Waals surface area contributed by atoms with E-state index < -0.39 is 14.7 Å². The normalized spacial score (nSPS) is 17.5. The first kappa shape index (κ1) is 44.4. The Bertz CT molecular complexity index is 565. The topological polar surface area (TPSA) is 80.3 Å². The van der Waals surface area contributed by atoms with Gasteiger partial charge in [-0.25, -0.2) is 0 Å². The molecular formula is C32H68CrO4P2. The second-order valence-corrected chi connectivity index (χ2v) is 17.4. The molecule has 0 spiro atoms. The molecule has 0 saturated heterocycles. The van der Waals surface area contributed by atoms with Gasteiger partial charge in [-0.05, 0) is 48.3 Å². The molecule has 0 N–H and O–H groups in total. The van der Waals surface area contributed by atoms with Gasteiger partial charge in [-0.1, -0.05) is 158 Å². The number of hydrogen-bond acceptors (Lipinski definition) is 4. The van der Waals surface area contributed by atoms with Gasteiger partial charge in [0.15, 0.2) is 0 Å². The minimum absolute atomic E-state index is 0. The van der Waals surface area contributed by atoms with Crippen LogP contribution in [-0.4, -0.2) is 23.6 Å². The van der Waals surface area contributed by atoms with Crippen LogP contribution in [-0.2, 0) is 26.5 Å². The largest absolute Gasteiger partial charge is 2.00 e. The van der Waals surface area contributed by atoms with Crippen molar-refractivity contribution in [2.75, 3.05) is 12.3 Å². The molecule has 6 unspecified atom stereocenters. The maximum atomic E-state index is 12.4. The van der Waals surface area contributed by atoms with Crippen LogP contribution in [0.25, 0.3) is 0 Å². The molecule has 0 heterocycles. The summed E-state index contributed by atoms with van der Waals surface area (Å²) in [5.41, 5.74) is -0.250. The van der Waals surface area contributed by atoms with Crippen molar-refractivity contribution in [3.8, 4) is 0 Å². The van der Waals surface area contributed by atoms with Crippen molar-refractivity contribution in [1.29, 1.82) is 0 Å². The molecule has 0 fully saturated rings. The Morgan fingerprint density at radius 2 is 0.795 bits per heavy atom. The van der Waals surface area contributed by atoms with Crippen molar-refractivity contribution in [2.24, 2.45) is 11.8 Å². The van der Waals surface area contributed by atoms with Crippen molar-refractivity contribution in [3.05, 3.63) is 0 Å². The predicted octanol–water partition coefficient (Wildman–Crippen LogP) is 10.4. The summed E-state index contributed by atoms with van der Waals surface area (Å²) in [5.74, 6) is 0.753. The van der Waals surface area contributed by atoms with Gasteiger partial charge in [0, 0.05) is 14.7 Å². The minimum atomic E-state index is -3.20. The summed E-state index contributed by atoms with van der Waals surface area (Å²) in [5, 5.41) is 0. The molecule has 0 aromatic heterocycles. The van der Waals surface area contributed by atoms with E-state index in [1.54, 1.807) is 0 Å². The van der Waals surface area contributed by atoms with E-state index in [4.69, 9.17) is 0 Å². The van der Waals surface area contributed by atoms with Crippen LogP contribution < -0.4 is 9.79 Å². The van der Waals surface area contributed by atoms with Crippen LogP contribution in [0.4, 0.5) is 0 Å². The average molecular weight is 631 g/mol. The summed E-state index contributed by atoms with van der Waals surface area (Å²) in [7, 11) is -6.39. The van der Waals surface area contributed by atoms with E-state index in [0.29, 0.717) is 24.2 Å². The van der Waals surface area contributed by atoms with Crippen LogP contribution in [0, 0.1) is 11.8 Å². The van der Waals surface area contributed by atoms with E-state index in [-0.39, 0.29) is 28.7 Å². The van der Waals surface area contributed by atoms with Gasteiger partial charge in [0.1, 0.15) is 0 Å². The van der Waals surface area contributed by atoms with Gasteiger partial charge in [-0.3, -0.25) is 0 Å². The average Bonchev–Trinajstić information content (AvgIpc) is 2.89. The quantitative estimate of drug-likeness (QED) is 0.0785. The maximum Gasteiger partial charge on any atom is 2.00 e. The summed E-state index contributed by atoms with van der Waals surface area (Å²) in [6, 6.07) is 0. The Hall–Kier alpha value is 0.912. The van der Waals surface area contributed by atoms with Crippen molar-refractivity contribution in [3.63, 3.8) is 0 Å². The molecule has 0 aliphatic heterocycles. The Kier molecular flexibility index (Phi) is 31.5. The molecule has 0 rings (SSSR count). The van der Waals surface area contributed by atoms with Crippen molar-refractivity contribution < 1.29 is 36.3 Å². The second-order valence-electron chi connectivity index (χ2n) is 12.0. The van der Waals surface area contributed by atoms with Gasteiger partial charge in [-0.2, -0.15) is 0 Å². The molecule has 0 aromatic carbocycles. The first-order valence-corrected chi connectivity index (χ1v) is 20.3. The molecule has 4 nitrogen and oxygen atoms in total. The van der Waals surface area contributed by atoms with Crippen LogP contribution in [0.1, 0.15) is 171 Å². The molecule has 0 saturated carbocycles. The van der Waals surface area contributed by atoms with Crippen LogP contribution in [0.2, 0.25) is 0 Å². The monoisotopic (exact) mass is 630 g/mol. The summed E-state index contributed by atoms with van der Waals surface area (Å²) in [6.45, 7) is 16.7. The molecule has 0 aliphatic rings. The molecule has 0 aliphatic carbocycles. The van der Waals surface area contributed by atoms with Gasteiger partial charge in [0.2, 0.25) is 0 Å². The Balaban J connectivity index is -0.000000648. The molecule has 236 valence electrons. The fourth-order valence-corrected chi connectivity index (χ4v) is 9.23. The van der Waals surface area contributed by atoms with Crippen molar-refractivity contribution in [1.82, 2.24) is 0 Å². The van der Waals surface area contributed by atoms with Crippen LogP contribution in [0.3, 0.4) is 0 Å². The number of unbranched alkanes of at least 4 members (excludes halogenated alkanes) is 8. The van der Waals surface area contributed by atoms with Crippen LogP contribution in [0.5, 0.6) is 0 Å². The third-order valence-electron chi connectivity index (χ3n) is 8.41. The fraction of sp³-hybridized carbons (Fsp3) is 1.00. The number of rotatable bonds is 24. The second kappa shape index (κ2) is 27.7. The Labute approximate surface area is 256 Å². The SMILES string of the molecule is CCCCCCC(C)P(=O)([O-])CC(CC)CCCC.CCCCCCC(C)P(=O)([O-])CC(CC)CCCC.[Cr+2]. The van der Waals surface area contributed by atoms with Gasteiger partial charge in [-0.15, -0.1) is 0 Å². The van der Waals surface area contributed by atoms with Gasteiger partial charge in [0.05, 0.1) is 0 Å². The number of hydrogen-bond donors (Lipinski definition) is 0. The Morgan fingerprint density at radius 1 is 0.487 bits per heavy atom. The van der Waals surface area contributed by atoms with E-state index >= 15 is 0 Å². The maximum absolute atomic E-state index is 12.4. The van der Waals surface area contributed by atoms with Gasteiger partial charge < -0.3 is 18.9 Å². The third kappa shape index (κ3) is 24.1. The molecule has 0 radical (unpaired) electrons. The molecule has 6 atom stereocenters. The zero-order chi connectivity index (χ0) is 29.5.